The summed E-state index contributed by atoms with van der Waals surface area (Å²) >= 11 is 0. The first kappa shape index (κ1) is 13.6. The molecule has 1 aliphatic carbocycles. The molecule has 2 rings (SSSR count). The Morgan fingerprint density at radius 1 is 1.39 bits per heavy atom. The summed E-state index contributed by atoms with van der Waals surface area (Å²) in [6.07, 6.45) is 7.87. The van der Waals surface area contributed by atoms with Crippen LogP contribution in [0.25, 0.3) is 0 Å². The molecule has 0 radical (unpaired) electrons. The molecule has 0 aliphatic heterocycles. The van der Waals surface area contributed by atoms with Gasteiger partial charge in [0, 0.05) is 19.2 Å². The van der Waals surface area contributed by atoms with Gasteiger partial charge in [-0.05, 0) is 43.1 Å². The van der Waals surface area contributed by atoms with Crippen molar-refractivity contribution in [3.05, 3.63) is 18.2 Å². The summed E-state index contributed by atoms with van der Waals surface area (Å²) in [5, 5.41) is 0. The van der Waals surface area contributed by atoms with Crippen LogP contribution < -0.4 is 5.73 Å². The molecule has 0 saturated heterocycles. The lowest BCUT2D eigenvalue weighted by Gasteiger charge is -2.41. The molecule has 1 aliphatic rings. The van der Waals surface area contributed by atoms with E-state index in [2.05, 4.69) is 32.0 Å². The fourth-order valence-corrected chi connectivity index (χ4v) is 3.29. The highest BCUT2D eigenvalue weighted by atomic mass is 15.0. The molecule has 3 unspecified atom stereocenters. The van der Waals surface area contributed by atoms with E-state index in [1.165, 1.54) is 25.0 Å². The monoisotopic (exact) mass is 249 g/mol. The van der Waals surface area contributed by atoms with E-state index in [4.69, 9.17) is 5.73 Å². The van der Waals surface area contributed by atoms with Gasteiger partial charge in [-0.3, -0.25) is 0 Å². The number of imidazole rings is 1. The lowest BCUT2D eigenvalue weighted by Crippen LogP contribution is -2.34. The van der Waals surface area contributed by atoms with Crippen molar-refractivity contribution in [3.63, 3.8) is 0 Å². The number of aromatic nitrogens is 2. The fraction of sp³-hybridized carbons (Fsp3) is 0.800. The molecule has 3 heteroatoms. The lowest BCUT2D eigenvalue weighted by atomic mass is 9.65. The third kappa shape index (κ3) is 2.77. The first-order valence-corrected chi connectivity index (χ1v) is 7.09. The van der Waals surface area contributed by atoms with Crippen molar-refractivity contribution < 1.29 is 0 Å². The van der Waals surface area contributed by atoms with E-state index in [1.54, 1.807) is 0 Å². The minimum Gasteiger partial charge on any atom is -0.340 e. The van der Waals surface area contributed by atoms with Crippen LogP contribution in [0.5, 0.6) is 0 Å². The molecular formula is C15H27N3. The molecule has 2 N–H and O–H groups in total. The Morgan fingerprint density at radius 2 is 2.11 bits per heavy atom. The van der Waals surface area contributed by atoms with Crippen molar-refractivity contribution in [2.45, 2.75) is 46.0 Å². The Balaban J connectivity index is 2.18. The van der Waals surface area contributed by atoms with Crippen LogP contribution in [0.15, 0.2) is 12.5 Å². The highest BCUT2D eigenvalue weighted by molar-refractivity contribution is 5.09. The largest absolute Gasteiger partial charge is 0.340 e. The minimum absolute atomic E-state index is 0.395. The normalized spacial score (nSPS) is 29.5. The van der Waals surface area contributed by atoms with Gasteiger partial charge in [-0.15, -0.1) is 0 Å². The quantitative estimate of drug-likeness (QED) is 0.876. The Bertz CT molecular complexity index is 389. The molecule has 1 aromatic heterocycles. The zero-order chi connectivity index (χ0) is 13.3. The maximum absolute atomic E-state index is 5.96. The summed E-state index contributed by atoms with van der Waals surface area (Å²) in [6, 6.07) is 0. The van der Waals surface area contributed by atoms with Crippen molar-refractivity contribution in [3.8, 4) is 0 Å². The van der Waals surface area contributed by atoms with E-state index in [-0.39, 0.29) is 0 Å². The summed E-state index contributed by atoms with van der Waals surface area (Å²) in [6.45, 7) is 7.86. The second-order valence-corrected chi connectivity index (χ2v) is 6.94. The molecule has 3 atom stereocenters. The Labute approximate surface area is 111 Å². The van der Waals surface area contributed by atoms with Crippen molar-refractivity contribution in [1.29, 1.82) is 0 Å². The van der Waals surface area contributed by atoms with Crippen LogP contribution >= 0.6 is 0 Å². The average molecular weight is 249 g/mol. The predicted molar refractivity (Wildman–Crippen MR) is 75.3 cm³/mol. The SMILES string of the molecule is Cn1cnc(C2CC(C(C)(C)C)CCC2CN)c1. The molecule has 0 bridgehead atoms. The van der Waals surface area contributed by atoms with Gasteiger partial charge >= 0.3 is 0 Å². The first-order chi connectivity index (χ1) is 8.41. The van der Waals surface area contributed by atoms with Crippen LogP contribution in [-0.2, 0) is 7.05 Å². The second-order valence-electron chi connectivity index (χ2n) is 6.94. The molecular weight excluding hydrogens is 222 g/mol. The molecule has 18 heavy (non-hydrogen) atoms. The van der Waals surface area contributed by atoms with Crippen LogP contribution in [0.2, 0.25) is 0 Å². The van der Waals surface area contributed by atoms with Gasteiger partial charge in [0.1, 0.15) is 0 Å². The smallest absolute Gasteiger partial charge is 0.0946 e. The van der Waals surface area contributed by atoms with E-state index in [0.29, 0.717) is 17.3 Å². The van der Waals surface area contributed by atoms with E-state index in [0.717, 1.165) is 12.5 Å². The van der Waals surface area contributed by atoms with Crippen LogP contribution in [0, 0.1) is 17.3 Å². The van der Waals surface area contributed by atoms with Crippen molar-refractivity contribution in [2.75, 3.05) is 6.54 Å². The highest BCUT2D eigenvalue weighted by Gasteiger charge is 2.36. The van der Waals surface area contributed by atoms with Crippen LogP contribution in [-0.4, -0.2) is 16.1 Å². The van der Waals surface area contributed by atoms with E-state index < -0.39 is 0 Å². The summed E-state index contributed by atoms with van der Waals surface area (Å²) in [5.74, 6) is 1.94. The highest BCUT2D eigenvalue weighted by Crippen LogP contribution is 2.46. The summed E-state index contributed by atoms with van der Waals surface area (Å²) < 4.78 is 2.05. The third-order valence-corrected chi connectivity index (χ3v) is 4.63. The maximum atomic E-state index is 5.96. The maximum Gasteiger partial charge on any atom is 0.0946 e. The average Bonchev–Trinajstić information content (AvgIpc) is 2.73. The summed E-state index contributed by atoms with van der Waals surface area (Å²) in [5.41, 5.74) is 7.59. The zero-order valence-corrected chi connectivity index (χ0v) is 12.2. The number of nitrogens with two attached hydrogens (primary N) is 1. The van der Waals surface area contributed by atoms with Crippen LogP contribution in [0.3, 0.4) is 0 Å². The zero-order valence-electron chi connectivity index (χ0n) is 12.2. The van der Waals surface area contributed by atoms with Crippen LogP contribution in [0.1, 0.15) is 51.6 Å². The molecule has 102 valence electrons. The molecule has 1 saturated carbocycles. The van der Waals surface area contributed by atoms with E-state index >= 15 is 0 Å². The molecule has 1 heterocycles. The standard InChI is InChI=1S/C15H27N3/c1-15(2,3)12-6-5-11(8-16)13(7-12)14-9-18(4)10-17-14/h9-13H,5-8,16H2,1-4H3. The van der Waals surface area contributed by atoms with Gasteiger partial charge in [0.25, 0.3) is 0 Å². The van der Waals surface area contributed by atoms with Crippen molar-refractivity contribution >= 4 is 0 Å². The van der Waals surface area contributed by atoms with Gasteiger partial charge in [-0.2, -0.15) is 0 Å². The fourth-order valence-electron chi connectivity index (χ4n) is 3.29. The van der Waals surface area contributed by atoms with Gasteiger partial charge in [0.05, 0.1) is 12.0 Å². The van der Waals surface area contributed by atoms with Gasteiger partial charge in [0.15, 0.2) is 0 Å². The summed E-state index contributed by atoms with van der Waals surface area (Å²) in [4.78, 5) is 4.56. The van der Waals surface area contributed by atoms with Crippen LogP contribution in [0.4, 0.5) is 0 Å². The van der Waals surface area contributed by atoms with Gasteiger partial charge in [-0.1, -0.05) is 20.8 Å². The second kappa shape index (κ2) is 5.04. The molecule has 0 aromatic carbocycles. The number of hydrogen-bond acceptors (Lipinski definition) is 2. The van der Waals surface area contributed by atoms with Gasteiger partial charge in [0.2, 0.25) is 0 Å². The van der Waals surface area contributed by atoms with Crippen molar-refractivity contribution in [2.24, 2.45) is 30.0 Å². The molecule has 1 fully saturated rings. The lowest BCUT2D eigenvalue weighted by molar-refractivity contribution is 0.131. The topological polar surface area (TPSA) is 43.8 Å². The number of hydrogen-bond donors (Lipinski definition) is 1. The van der Waals surface area contributed by atoms with Gasteiger partial charge in [-0.25, -0.2) is 4.98 Å². The molecule has 3 nitrogen and oxygen atoms in total. The Kier molecular flexibility index (Phi) is 3.81. The number of aryl methyl sites for hydroxylation is 1. The number of nitrogens with zero attached hydrogens (tertiary/aromatic N) is 2. The van der Waals surface area contributed by atoms with Gasteiger partial charge < -0.3 is 10.3 Å². The Hall–Kier alpha value is -0.830. The van der Waals surface area contributed by atoms with E-state index in [9.17, 15) is 0 Å². The third-order valence-electron chi connectivity index (χ3n) is 4.63. The minimum atomic E-state index is 0.395. The van der Waals surface area contributed by atoms with E-state index in [1.807, 2.05) is 17.9 Å². The Morgan fingerprint density at radius 3 is 2.61 bits per heavy atom. The summed E-state index contributed by atoms with van der Waals surface area (Å²) in [7, 11) is 2.04. The molecule has 0 spiro atoms. The molecule has 1 aromatic rings. The predicted octanol–water partition coefficient (Wildman–Crippen LogP) is 2.92. The first-order valence-electron chi connectivity index (χ1n) is 7.09. The van der Waals surface area contributed by atoms with Crippen molar-refractivity contribution in [1.82, 2.24) is 9.55 Å². The molecule has 0 amide bonds. The number of rotatable bonds is 2.